The van der Waals surface area contributed by atoms with Crippen molar-refractivity contribution in [3.05, 3.63) is 34.9 Å². The van der Waals surface area contributed by atoms with Gasteiger partial charge in [0, 0.05) is 23.7 Å². The van der Waals surface area contributed by atoms with E-state index in [2.05, 4.69) is 37.5 Å². The number of nitrogens with one attached hydrogen (secondary N) is 2. The Balaban J connectivity index is 2.09. The average Bonchev–Trinajstić information content (AvgIpc) is 2.22. The highest BCUT2D eigenvalue weighted by atomic mass is 35.5. The highest BCUT2D eigenvalue weighted by Gasteiger charge is 2.06. The van der Waals surface area contributed by atoms with Gasteiger partial charge in [0.15, 0.2) is 0 Å². The van der Waals surface area contributed by atoms with Gasteiger partial charge in [-0.05, 0) is 51.4 Å². The fourth-order valence-corrected chi connectivity index (χ4v) is 1.79. The molecule has 0 radical (unpaired) electrons. The van der Waals surface area contributed by atoms with Crippen molar-refractivity contribution in [3.8, 4) is 0 Å². The molecule has 0 aliphatic heterocycles. The Morgan fingerprint density at radius 3 is 2.53 bits per heavy atom. The van der Waals surface area contributed by atoms with Gasteiger partial charge in [-0.3, -0.25) is 0 Å². The molecule has 1 aromatic rings. The minimum Gasteiger partial charge on any atom is -0.315 e. The first-order valence-corrected chi connectivity index (χ1v) is 6.55. The van der Waals surface area contributed by atoms with Crippen molar-refractivity contribution in [3.63, 3.8) is 0 Å². The Kier molecular flexibility index (Phi) is 5.96. The van der Waals surface area contributed by atoms with Crippen LogP contribution in [0, 0.1) is 0 Å². The van der Waals surface area contributed by atoms with Crippen molar-refractivity contribution in [2.75, 3.05) is 19.6 Å². The quantitative estimate of drug-likeness (QED) is 0.763. The molecule has 3 heteroatoms. The highest BCUT2D eigenvalue weighted by molar-refractivity contribution is 6.30. The number of hydrogen-bond acceptors (Lipinski definition) is 2. The van der Waals surface area contributed by atoms with E-state index in [1.807, 2.05) is 18.2 Å². The number of benzene rings is 1. The summed E-state index contributed by atoms with van der Waals surface area (Å²) in [5, 5.41) is 7.68. The molecule has 0 fully saturated rings. The van der Waals surface area contributed by atoms with Gasteiger partial charge in [0.25, 0.3) is 0 Å². The largest absolute Gasteiger partial charge is 0.315 e. The van der Waals surface area contributed by atoms with E-state index in [-0.39, 0.29) is 5.54 Å². The van der Waals surface area contributed by atoms with Gasteiger partial charge >= 0.3 is 0 Å². The van der Waals surface area contributed by atoms with Crippen LogP contribution in [0.3, 0.4) is 0 Å². The Hall–Kier alpha value is -0.570. The molecule has 2 N–H and O–H groups in total. The highest BCUT2D eigenvalue weighted by Crippen LogP contribution is 2.10. The van der Waals surface area contributed by atoms with Crippen LogP contribution in [-0.2, 0) is 6.42 Å². The van der Waals surface area contributed by atoms with Crippen LogP contribution in [-0.4, -0.2) is 25.2 Å². The van der Waals surface area contributed by atoms with Gasteiger partial charge in [-0.25, -0.2) is 0 Å². The van der Waals surface area contributed by atoms with E-state index in [0.29, 0.717) is 0 Å². The Labute approximate surface area is 110 Å². The fourth-order valence-electron chi connectivity index (χ4n) is 1.58. The predicted octanol–water partition coefficient (Wildman–Crippen LogP) is 2.86. The molecule has 0 aliphatic rings. The molecule has 0 spiro atoms. The second kappa shape index (κ2) is 7.00. The van der Waals surface area contributed by atoms with Gasteiger partial charge in [0.2, 0.25) is 0 Å². The number of rotatable bonds is 6. The maximum atomic E-state index is 5.93. The average molecular weight is 255 g/mol. The second-order valence-electron chi connectivity index (χ2n) is 5.31. The summed E-state index contributed by atoms with van der Waals surface area (Å²) >= 11 is 5.93. The van der Waals surface area contributed by atoms with Crippen LogP contribution in [0.1, 0.15) is 26.3 Å². The molecule has 0 aliphatic carbocycles. The molecule has 0 saturated heterocycles. The van der Waals surface area contributed by atoms with Gasteiger partial charge in [-0.2, -0.15) is 0 Å². The molecule has 0 bridgehead atoms. The van der Waals surface area contributed by atoms with E-state index in [0.717, 1.165) is 31.1 Å². The van der Waals surface area contributed by atoms with Crippen LogP contribution in [0.5, 0.6) is 0 Å². The van der Waals surface area contributed by atoms with Crippen molar-refractivity contribution >= 4 is 11.6 Å². The summed E-state index contributed by atoms with van der Waals surface area (Å²) in [6.45, 7) is 9.53. The Bertz CT molecular complexity index is 331. The molecule has 96 valence electrons. The lowest BCUT2D eigenvalue weighted by Gasteiger charge is -2.20. The van der Waals surface area contributed by atoms with Gasteiger partial charge in [0.1, 0.15) is 0 Å². The minimum atomic E-state index is 0.203. The number of halogens is 1. The van der Waals surface area contributed by atoms with Crippen LogP contribution in [0.4, 0.5) is 0 Å². The molecule has 0 saturated carbocycles. The van der Waals surface area contributed by atoms with Crippen LogP contribution in [0.25, 0.3) is 0 Å². The molecule has 0 heterocycles. The summed E-state index contributed by atoms with van der Waals surface area (Å²) in [7, 11) is 0. The monoisotopic (exact) mass is 254 g/mol. The molecule has 0 unspecified atom stereocenters. The normalized spacial score (nSPS) is 11.8. The zero-order valence-corrected chi connectivity index (χ0v) is 11.8. The van der Waals surface area contributed by atoms with Crippen LogP contribution < -0.4 is 10.6 Å². The summed E-state index contributed by atoms with van der Waals surface area (Å²) in [5.74, 6) is 0. The third kappa shape index (κ3) is 7.37. The summed E-state index contributed by atoms with van der Waals surface area (Å²) in [6, 6.07) is 8.04. The second-order valence-corrected chi connectivity index (χ2v) is 5.74. The lowest BCUT2D eigenvalue weighted by molar-refractivity contribution is 0.422. The van der Waals surface area contributed by atoms with Gasteiger partial charge < -0.3 is 10.6 Å². The summed E-state index contributed by atoms with van der Waals surface area (Å²) in [6.07, 6.45) is 1.02. The SMILES string of the molecule is CC(C)(C)NCCNCCc1cccc(Cl)c1. The zero-order chi connectivity index (χ0) is 12.7. The van der Waals surface area contributed by atoms with Gasteiger partial charge in [-0.15, -0.1) is 0 Å². The third-order valence-corrected chi connectivity index (χ3v) is 2.67. The predicted molar refractivity (Wildman–Crippen MR) is 75.8 cm³/mol. The summed E-state index contributed by atoms with van der Waals surface area (Å²) in [4.78, 5) is 0. The van der Waals surface area contributed by atoms with Crippen molar-refractivity contribution in [2.24, 2.45) is 0 Å². The van der Waals surface area contributed by atoms with Crippen molar-refractivity contribution in [2.45, 2.75) is 32.7 Å². The lowest BCUT2D eigenvalue weighted by Crippen LogP contribution is -2.40. The van der Waals surface area contributed by atoms with Gasteiger partial charge in [0.05, 0.1) is 0 Å². The molecular formula is C14H23ClN2. The van der Waals surface area contributed by atoms with Crippen molar-refractivity contribution in [1.82, 2.24) is 10.6 Å². The lowest BCUT2D eigenvalue weighted by atomic mass is 10.1. The Morgan fingerprint density at radius 2 is 1.88 bits per heavy atom. The van der Waals surface area contributed by atoms with Crippen molar-refractivity contribution in [1.29, 1.82) is 0 Å². The van der Waals surface area contributed by atoms with E-state index in [4.69, 9.17) is 11.6 Å². The topological polar surface area (TPSA) is 24.1 Å². The maximum absolute atomic E-state index is 5.93. The first-order valence-electron chi connectivity index (χ1n) is 6.17. The molecule has 0 amide bonds. The van der Waals surface area contributed by atoms with Crippen LogP contribution in [0.2, 0.25) is 5.02 Å². The first-order chi connectivity index (χ1) is 7.97. The number of hydrogen-bond donors (Lipinski definition) is 2. The van der Waals surface area contributed by atoms with E-state index in [9.17, 15) is 0 Å². The standard InChI is InChI=1S/C14H23ClN2/c1-14(2,3)17-10-9-16-8-7-12-5-4-6-13(15)11-12/h4-6,11,16-17H,7-10H2,1-3H3. The first kappa shape index (κ1) is 14.5. The summed E-state index contributed by atoms with van der Waals surface area (Å²) < 4.78 is 0. The Morgan fingerprint density at radius 1 is 1.12 bits per heavy atom. The zero-order valence-electron chi connectivity index (χ0n) is 11.0. The van der Waals surface area contributed by atoms with E-state index in [1.54, 1.807) is 0 Å². The molecule has 2 nitrogen and oxygen atoms in total. The fraction of sp³-hybridized carbons (Fsp3) is 0.571. The molecule has 0 atom stereocenters. The molecule has 17 heavy (non-hydrogen) atoms. The van der Waals surface area contributed by atoms with E-state index < -0.39 is 0 Å². The third-order valence-electron chi connectivity index (χ3n) is 2.44. The summed E-state index contributed by atoms with van der Waals surface area (Å²) in [5.41, 5.74) is 1.49. The smallest absolute Gasteiger partial charge is 0.0408 e. The van der Waals surface area contributed by atoms with Gasteiger partial charge in [-0.1, -0.05) is 23.7 Å². The molecule has 1 rings (SSSR count). The van der Waals surface area contributed by atoms with E-state index >= 15 is 0 Å². The minimum absolute atomic E-state index is 0.203. The molecule has 0 aromatic heterocycles. The molecule has 1 aromatic carbocycles. The van der Waals surface area contributed by atoms with Crippen LogP contribution in [0.15, 0.2) is 24.3 Å². The van der Waals surface area contributed by atoms with E-state index in [1.165, 1.54) is 5.56 Å². The van der Waals surface area contributed by atoms with Crippen LogP contribution >= 0.6 is 11.6 Å². The molecular weight excluding hydrogens is 232 g/mol. The maximum Gasteiger partial charge on any atom is 0.0408 e. The van der Waals surface area contributed by atoms with Crippen molar-refractivity contribution < 1.29 is 0 Å².